The molecular formula is C18H28N2. The lowest BCUT2D eigenvalue weighted by molar-refractivity contribution is 0.0222. The first-order valence-electron chi connectivity index (χ1n) is 8.16. The maximum absolute atomic E-state index is 6.27. The summed E-state index contributed by atoms with van der Waals surface area (Å²) in [6.45, 7) is 7.74. The van der Waals surface area contributed by atoms with Crippen LogP contribution in [-0.4, -0.2) is 17.0 Å². The third-order valence-electron chi connectivity index (χ3n) is 5.69. The zero-order chi connectivity index (χ0) is 14.2. The number of nitrogens with two attached hydrogens (primary N) is 1. The van der Waals surface area contributed by atoms with Crippen LogP contribution in [0.3, 0.4) is 0 Å². The third kappa shape index (κ3) is 2.40. The van der Waals surface area contributed by atoms with E-state index in [1.54, 1.807) is 0 Å². The lowest BCUT2D eigenvalue weighted by Gasteiger charge is -2.47. The van der Waals surface area contributed by atoms with Crippen molar-refractivity contribution in [1.29, 1.82) is 0 Å². The Balaban J connectivity index is 1.80. The van der Waals surface area contributed by atoms with Crippen LogP contribution in [-0.2, 0) is 13.1 Å². The number of hydrogen-bond donors (Lipinski definition) is 1. The van der Waals surface area contributed by atoms with E-state index in [1.165, 1.54) is 36.8 Å². The van der Waals surface area contributed by atoms with Crippen LogP contribution in [0.4, 0.5) is 0 Å². The van der Waals surface area contributed by atoms with Gasteiger partial charge in [-0.3, -0.25) is 4.90 Å². The summed E-state index contributed by atoms with van der Waals surface area (Å²) in [5, 5.41) is 0. The van der Waals surface area contributed by atoms with E-state index in [0.29, 0.717) is 0 Å². The molecule has 0 saturated heterocycles. The Labute approximate surface area is 123 Å². The molecule has 1 aromatic carbocycles. The van der Waals surface area contributed by atoms with Crippen molar-refractivity contribution in [1.82, 2.24) is 4.90 Å². The number of hydrogen-bond acceptors (Lipinski definition) is 2. The van der Waals surface area contributed by atoms with Crippen molar-refractivity contribution in [3.05, 3.63) is 35.4 Å². The van der Waals surface area contributed by atoms with Gasteiger partial charge in [0.05, 0.1) is 0 Å². The second-order valence-electron chi connectivity index (χ2n) is 7.15. The van der Waals surface area contributed by atoms with Crippen molar-refractivity contribution in [3.8, 4) is 0 Å². The summed E-state index contributed by atoms with van der Waals surface area (Å²) < 4.78 is 0. The van der Waals surface area contributed by atoms with Gasteiger partial charge in [-0.15, -0.1) is 0 Å². The first kappa shape index (κ1) is 14.1. The molecule has 1 aliphatic carbocycles. The minimum Gasteiger partial charge on any atom is -0.329 e. The van der Waals surface area contributed by atoms with Crippen molar-refractivity contribution in [2.24, 2.45) is 17.6 Å². The highest BCUT2D eigenvalue weighted by molar-refractivity contribution is 5.31. The van der Waals surface area contributed by atoms with Gasteiger partial charge in [0.2, 0.25) is 0 Å². The summed E-state index contributed by atoms with van der Waals surface area (Å²) in [5.41, 5.74) is 9.53. The summed E-state index contributed by atoms with van der Waals surface area (Å²) in [5.74, 6) is 1.63. The molecule has 2 heteroatoms. The second-order valence-corrected chi connectivity index (χ2v) is 7.15. The fourth-order valence-electron chi connectivity index (χ4n) is 4.22. The Bertz CT molecular complexity index is 443. The van der Waals surface area contributed by atoms with E-state index in [1.807, 2.05) is 0 Å². The molecule has 0 aromatic heterocycles. The summed E-state index contributed by atoms with van der Waals surface area (Å²) >= 11 is 0. The highest BCUT2D eigenvalue weighted by atomic mass is 15.2. The molecule has 110 valence electrons. The Morgan fingerprint density at radius 1 is 1.25 bits per heavy atom. The highest BCUT2D eigenvalue weighted by Gasteiger charge is 2.42. The predicted octanol–water partition coefficient (Wildman–Crippen LogP) is 3.55. The molecule has 2 aliphatic rings. The molecule has 1 fully saturated rings. The van der Waals surface area contributed by atoms with Crippen LogP contribution < -0.4 is 5.73 Å². The molecule has 0 spiro atoms. The van der Waals surface area contributed by atoms with Gasteiger partial charge in [0.1, 0.15) is 0 Å². The van der Waals surface area contributed by atoms with Crippen LogP contribution in [0, 0.1) is 11.8 Å². The molecule has 3 rings (SSSR count). The fraction of sp³-hybridized carbons (Fsp3) is 0.667. The second kappa shape index (κ2) is 5.50. The average molecular weight is 272 g/mol. The third-order valence-corrected chi connectivity index (χ3v) is 5.69. The molecule has 2 atom stereocenters. The quantitative estimate of drug-likeness (QED) is 0.912. The lowest BCUT2D eigenvalue weighted by atomic mass is 9.71. The van der Waals surface area contributed by atoms with E-state index in [0.717, 1.165) is 31.5 Å². The zero-order valence-corrected chi connectivity index (χ0v) is 12.9. The normalized spacial score (nSPS) is 30.7. The molecule has 0 bridgehead atoms. The van der Waals surface area contributed by atoms with E-state index in [4.69, 9.17) is 5.73 Å². The molecule has 0 radical (unpaired) electrons. The van der Waals surface area contributed by atoms with Gasteiger partial charge in [-0.25, -0.2) is 0 Å². The maximum Gasteiger partial charge on any atom is 0.0341 e. The summed E-state index contributed by atoms with van der Waals surface area (Å²) in [7, 11) is 0. The maximum atomic E-state index is 6.27. The van der Waals surface area contributed by atoms with Crippen LogP contribution in [0.15, 0.2) is 24.3 Å². The van der Waals surface area contributed by atoms with Crippen LogP contribution in [0.2, 0.25) is 0 Å². The number of fused-ring (bicyclic) bond motifs is 1. The van der Waals surface area contributed by atoms with Crippen molar-refractivity contribution in [3.63, 3.8) is 0 Å². The molecule has 1 saturated carbocycles. The molecule has 1 aliphatic heterocycles. The van der Waals surface area contributed by atoms with Crippen molar-refractivity contribution in [2.75, 3.05) is 6.54 Å². The van der Waals surface area contributed by atoms with Gasteiger partial charge < -0.3 is 5.73 Å². The average Bonchev–Trinajstić information content (AvgIpc) is 2.91. The van der Waals surface area contributed by atoms with E-state index < -0.39 is 0 Å². The fourth-order valence-corrected chi connectivity index (χ4v) is 4.22. The molecule has 1 heterocycles. The SMILES string of the molecule is CC(C)C1CCCC(CN)(N2Cc3ccccc3C2)C1. The molecule has 2 nitrogen and oxygen atoms in total. The predicted molar refractivity (Wildman–Crippen MR) is 84.3 cm³/mol. The Hall–Kier alpha value is -0.860. The van der Waals surface area contributed by atoms with Gasteiger partial charge in [0.25, 0.3) is 0 Å². The first-order chi connectivity index (χ1) is 9.64. The molecule has 2 unspecified atom stereocenters. The molecule has 2 N–H and O–H groups in total. The minimum atomic E-state index is 0.242. The van der Waals surface area contributed by atoms with Gasteiger partial charge in [-0.1, -0.05) is 51.0 Å². The molecule has 20 heavy (non-hydrogen) atoms. The standard InChI is InChI=1S/C18H28N2/c1-14(2)15-8-5-9-18(10-15,13-19)20-11-16-6-3-4-7-17(16)12-20/h3-4,6-7,14-15H,5,8-13,19H2,1-2H3. The van der Waals surface area contributed by atoms with Gasteiger partial charge in [-0.2, -0.15) is 0 Å². The Morgan fingerprint density at radius 2 is 1.90 bits per heavy atom. The number of nitrogens with zero attached hydrogens (tertiary/aromatic N) is 1. The van der Waals surface area contributed by atoms with E-state index in [-0.39, 0.29) is 5.54 Å². The largest absolute Gasteiger partial charge is 0.329 e. The molecule has 0 amide bonds. The Kier molecular flexibility index (Phi) is 3.87. The monoisotopic (exact) mass is 272 g/mol. The van der Waals surface area contributed by atoms with Crippen molar-refractivity contribution < 1.29 is 0 Å². The van der Waals surface area contributed by atoms with Crippen molar-refractivity contribution >= 4 is 0 Å². The zero-order valence-electron chi connectivity index (χ0n) is 12.9. The molecular weight excluding hydrogens is 244 g/mol. The van der Waals surface area contributed by atoms with Crippen LogP contribution in [0.5, 0.6) is 0 Å². The summed E-state index contributed by atoms with van der Waals surface area (Å²) in [4.78, 5) is 2.67. The summed E-state index contributed by atoms with van der Waals surface area (Å²) in [6, 6.07) is 8.88. The van der Waals surface area contributed by atoms with Gasteiger partial charge >= 0.3 is 0 Å². The topological polar surface area (TPSA) is 29.3 Å². The molecule has 1 aromatic rings. The first-order valence-corrected chi connectivity index (χ1v) is 8.16. The van der Waals surface area contributed by atoms with Crippen LogP contribution >= 0.6 is 0 Å². The van der Waals surface area contributed by atoms with Crippen LogP contribution in [0.25, 0.3) is 0 Å². The van der Waals surface area contributed by atoms with Gasteiger partial charge in [0, 0.05) is 25.2 Å². The highest BCUT2D eigenvalue weighted by Crippen LogP contribution is 2.42. The Morgan fingerprint density at radius 3 is 2.45 bits per heavy atom. The van der Waals surface area contributed by atoms with E-state index in [9.17, 15) is 0 Å². The number of rotatable bonds is 3. The summed E-state index contributed by atoms with van der Waals surface area (Å²) in [6.07, 6.45) is 5.29. The van der Waals surface area contributed by atoms with Crippen molar-refractivity contribution in [2.45, 2.75) is 58.2 Å². The smallest absolute Gasteiger partial charge is 0.0341 e. The van der Waals surface area contributed by atoms with E-state index >= 15 is 0 Å². The van der Waals surface area contributed by atoms with Crippen LogP contribution in [0.1, 0.15) is 50.7 Å². The minimum absolute atomic E-state index is 0.242. The van der Waals surface area contributed by atoms with Gasteiger partial charge in [0.15, 0.2) is 0 Å². The lowest BCUT2D eigenvalue weighted by Crippen LogP contribution is -2.54. The van der Waals surface area contributed by atoms with E-state index in [2.05, 4.69) is 43.0 Å². The number of benzene rings is 1. The van der Waals surface area contributed by atoms with Gasteiger partial charge in [-0.05, 0) is 35.8 Å².